The number of hydrogen-bond donors (Lipinski definition) is 1. The molecular formula is C22H31N3O2. The summed E-state index contributed by atoms with van der Waals surface area (Å²) in [6.45, 7) is 10.3. The van der Waals surface area contributed by atoms with Gasteiger partial charge in [-0.25, -0.2) is 0 Å². The molecule has 2 aromatic rings. The zero-order chi connectivity index (χ0) is 19.4. The molecule has 3 rings (SSSR count). The van der Waals surface area contributed by atoms with Crippen molar-refractivity contribution in [3.8, 4) is 0 Å². The zero-order valence-electron chi connectivity index (χ0n) is 16.7. The Morgan fingerprint density at radius 3 is 2.56 bits per heavy atom. The van der Waals surface area contributed by atoms with Gasteiger partial charge in [0.15, 0.2) is 0 Å². The molecule has 5 nitrogen and oxygen atoms in total. The molecule has 0 bridgehead atoms. The molecule has 0 saturated carbocycles. The Hall–Kier alpha value is -2.14. The first kappa shape index (κ1) is 19.6. The van der Waals surface area contributed by atoms with Gasteiger partial charge in [0.1, 0.15) is 0 Å². The Balaban J connectivity index is 1.63. The SMILES string of the molecule is CCCN1CCC(CNC(=O)C(=O)c2cn(C(C)C)c3ccccc23)CC1. The van der Waals surface area contributed by atoms with Crippen molar-refractivity contribution in [2.45, 2.75) is 46.1 Å². The molecule has 0 unspecified atom stereocenters. The van der Waals surface area contributed by atoms with Gasteiger partial charge in [-0.2, -0.15) is 0 Å². The van der Waals surface area contributed by atoms with Crippen LogP contribution in [0.2, 0.25) is 0 Å². The second-order valence-corrected chi connectivity index (χ2v) is 7.89. The highest BCUT2D eigenvalue weighted by Crippen LogP contribution is 2.25. The molecule has 27 heavy (non-hydrogen) atoms. The number of nitrogens with one attached hydrogen (secondary N) is 1. The summed E-state index contributed by atoms with van der Waals surface area (Å²) >= 11 is 0. The van der Waals surface area contributed by atoms with Crippen molar-refractivity contribution in [1.29, 1.82) is 0 Å². The summed E-state index contributed by atoms with van der Waals surface area (Å²) < 4.78 is 2.05. The predicted molar refractivity (Wildman–Crippen MR) is 109 cm³/mol. The van der Waals surface area contributed by atoms with E-state index in [2.05, 4.69) is 35.6 Å². The smallest absolute Gasteiger partial charge is 0.292 e. The highest BCUT2D eigenvalue weighted by atomic mass is 16.2. The summed E-state index contributed by atoms with van der Waals surface area (Å²) in [6.07, 6.45) is 5.17. The maximum atomic E-state index is 12.8. The van der Waals surface area contributed by atoms with Crippen LogP contribution in [-0.2, 0) is 4.79 Å². The Labute approximate surface area is 161 Å². The lowest BCUT2D eigenvalue weighted by molar-refractivity contribution is -0.117. The van der Waals surface area contributed by atoms with E-state index in [0.29, 0.717) is 18.0 Å². The van der Waals surface area contributed by atoms with Gasteiger partial charge in [0.2, 0.25) is 0 Å². The number of aromatic nitrogens is 1. The minimum Gasteiger partial charge on any atom is -0.349 e. The molecule has 1 N–H and O–H groups in total. The zero-order valence-corrected chi connectivity index (χ0v) is 16.7. The number of amides is 1. The third-order valence-electron chi connectivity index (χ3n) is 5.55. The van der Waals surface area contributed by atoms with Crippen LogP contribution in [0.4, 0.5) is 0 Å². The molecule has 1 aliphatic heterocycles. The first-order valence-electron chi connectivity index (χ1n) is 10.2. The molecule has 0 spiro atoms. The summed E-state index contributed by atoms with van der Waals surface area (Å²) in [5.74, 6) is -0.460. The minimum atomic E-state index is -0.488. The molecule has 0 atom stereocenters. The third kappa shape index (κ3) is 4.41. The lowest BCUT2D eigenvalue weighted by atomic mass is 9.96. The fraction of sp³-hybridized carbons (Fsp3) is 0.545. The predicted octanol–water partition coefficient (Wildman–Crippen LogP) is 3.64. The monoisotopic (exact) mass is 369 g/mol. The third-order valence-corrected chi connectivity index (χ3v) is 5.55. The van der Waals surface area contributed by atoms with Crippen molar-refractivity contribution in [3.05, 3.63) is 36.0 Å². The first-order chi connectivity index (χ1) is 13.0. The van der Waals surface area contributed by atoms with Crippen molar-refractivity contribution in [2.75, 3.05) is 26.2 Å². The van der Waals surface area contributed by atoms with Crippen LogP contribution >= 0.6 is 0 Å². The number of ketones is 1. The molecule has 1 aliphatic rings. The van der Waals surface area contributed by atoms with Gasteiger partial charge in [0, 0.05) is 29.7 Å². The number of para-hydroxylation sites is 1. The average molecular weight is 370 g/mol. The second-order valence-electron chi connectivity index (χ2n) is 7.89. The summed E-state index contributed by atoms with van der Waals surface area (Å²) in [5.41, 5.74) is 1.49. The van der Waals surface area contributed by atoms with Gasteiger partial charge in [-0.15, -0.1) is 0 Å². The maximum absolute atomic E-state index is 12.8. The van der Waals surface area contributed by atoms with Gasteiger partial charge < -0.3 is 14.8 Å². The molecule has 1 aromatic carbocycles. The van der Waals surface area contributed by atoms with Crippen molar-refractivity contribution < 1.29 is 9.59 Å². The molecule has 0 radical (unpaired) electrons. The Morgan fingerprint density at radius 2 is 1.89 bits per heavy atom. The van der Waals surface area contributed by atoms with Gasteiger partial charge in [-0.3, -0.25) is 9.59 Å². The summed E-state index contributed by atoms with van der Waals surface area (Å²) in [6, 6.07) is 8.01. The molecule has 1 amide bonds. The molecular weight excluding hydrogens is 338 g/mol. The number of rotatable bonds is 7. The van der Waals surface area contributed by atoms with E-state index >= 15 is 0 Å². The van der Waals surface area contributed by atoms with E-state index in [1.165, 1.54) is 6.42 Å². The number of piperidine rings is 1. The van der Waals surface area contributed by atoms with Gasteiger partial charge >= 0.3 is 0 Å². The highest BCUT2D eigenvalue weighted by Gasteiger charge is 2.24. The molecule has 0 aliphatic carbocycles. The first-order valence-corrected chi connectivity index (χ1v) is 10.2. The van der Waals surface area contributed by atoms with Gasteiger partial charge in [-0.05, 0) is 64.7 Å². The van der Waals surface area contributed by atoms with Gasteiger partial charge in [0.25, 0.3) is 11.7 Å². The summed E-state index contributed by atoms with van der Waals surface area (Å²) in [5, 5.41) is 3.73. The Bertz CT molecular complexity index is 801. The van der Waals surface area contributed by atoms with Crippen LogP contribution in [0.25, 0.3) is 10.9 Å². The van der Waals surface area contributed by atoms with Crippen molar-refractivity contribution in [3.63, 3.8) is 0 Å². The van der Waals surface area contributed by atoms with Crippen LogP contribution in [0.1, 0.15) is 56.4 Å². The number of benzene rings is 1. The Kier molecular flexibility index (Phi) is 6.32. The van der Waals surface area contributed by atoms with Crippen LogP contribution < -0.4 is 5.32 Å². The van der Waals surface area contributed by atoms with Crippen LogP contribution in [-0.4, -0.2) is 47.3 Å². The molecule has 5 heteroatoms. The molecule has 1 aromatic heterocycles. The number of carbonyl (C=O) groups is 2. The van der Waals surface area contributed by atoms with Crippen molar-refractivity contribution in [2.24, 2.45) is 5.92 Å². The molecule has 2 heterocycles. The maximum Gasteiger partial charge on any atom is 0.292 e. The summed E-state index contributed by atoms with van der Waals surface area (Å²) in [7, 11) is 0. The topological polar surface area (TPSA) is 54.3 Å². The molecule has 1 saturated heterocycles. The Morgan fingerprint density at radius 1 is 1.19 bits per heavy atom. The number of Topliss-reactive ketones (excluding diaryl/α,β-unsaturated/α-hetero) is 1. The fourth-order valence-electron chi connectivity index (χ4n) is 3.98. The van der Waals surface area contributed by atoms with E-state index in [-0.39, 0.29) is 6.04 Å². The minimum absolute atomic E-state index is 0.229. The van der Waals surface area contributed by atoms with E-state index in [9.17, 15) is 9.59 Å². The number of carbonyl (C=O) groups excluding carboxylic acids is 2. The highest BCUT2D eigenvalue weighted by molar-refractivity contribution is 6.45. The van der Waals surface area contributed by atoms with E-state index in [4.69, 9.17) is 0 Å². The van der Waals surface area contributed by atoms with Crippen LogP contribution in [0.5, 0.6) is 0 Å². The number of fused-ring (bicyclic) bond motifs is 1. The van der Waals surface area contributed by atoms with E-state index in [1.54, 1.807) is 0 Å². The number of likely N-dealkylation sites (tertiary alicyclic amines) is 1. The number of nitrogens with zero attached hydrogens (tertiary/aromatic N) is 2. The van der Waals surface area contributed by atoms with Gasteiger partial charge in [0.05, 0.1) is 5.56 Å². The fourth-order valence-corrected chi connectivity index (χ4v) is 3.98. The molecule has 1 fully saturated rings. The molecule has 146 valence electrons. The summed E-state index contributed by atoms with van der Waals surface area (Å²) in [4.78, 5) is 27.7. The van der Waals surface area contributed by atoms with E-state index in [1.807, 2.05) is 30.5 Å². The van der Waals surface area contributed by atoms with Crippen molar-refractivity contribution in [1.82, 2.24) is 14.8 Å². The van der Waals surface area contributed by atoms with Crippen LogP contribution in [0.3, 0.4) is 0 Å². The largest absolute Gasteiger partial charge is 0.349 e. The van der Waals surface area contributed by atoms with Crippen LogP contribution in [0.15, 0.2) is 30.5 Å². The standard InChI is InChI=1S/C22H31N3O2/c1-4-11-24-12-9-17(10-13-24)14-23-22(27)21(26)19-15-25(16(2)3)20-8-6-5-7-18(19)20/h5-8,15-17H,4,9-14H2,1-3H3,(H,23,27). The van der Waals surface area contributed by atoms with E-state index < -0.39 is 11.7 Å². The second kappa shape index (κ2) is 8.70. The van der Waals surface area contributed by atoms with Gasteiger partial charge in [-0.1, -0.05) is 25.1 Å². The lowest BCUT2D eigenvalue weighted by Gasteiger charge is -2.31. The van der Waals surface area contributed by atoms with E-state index in [0.717, 1.165) is 43.4 Å². The normalized spacial score (nSPS) is 16.1. The van der Waals surface area contributed by atoms with Crippen LogP contribution in [0, 0.1) is 5.92 Å². The van der Waals surface area contributed by atoms with Crippen molar-refractivity contribution >= 4 is 22.6 Å². The number of hydrogen-bond acceptors (Lipinski definition) is 3. The average Bonchev–Trinajstić information content (AvgIpc) is 3.07. The lowest BCUT2D eigenvalue weighted by Crippen LogP contribution is -2.40. The quantitative estimate of drug-likeness (QED) is 0.599.